The van der Waals surface area contributed by atoms with Gasteiger partial charge < -0.3 is 4.90 Å². The van der Waals surface area contributed by atoms with E-state index in [2.05, 4.69) is 31.0 Å². The summed E-state index contributed by atoms with van der Waals surface area (Å²) in [6.45, 7) is 6.75. The molecule has 0 N–H and O–H groups in total. The number of carbonyl (C=O) groups excluding carboxylic acids is 1. The Balaban J connectivity index is 2.21. The molecule has 22 heavy (non-hydrogen) atoms. The maximum absolute atomic E-state index is 12.2. The van der Waals surface area contributed by atoms with E-state index in [1.165, 1.54) is 22.4 Å². The number of thiocarbonyl (C=S) groups is 1. The molecule has 118 valence electrons. The van der Waals surface area contributed by atoms with Crippen LogP contribution in [0.15, 0.2) is 44.8 Å². The normalized spacial score (nSPS) is 23.3. The van der Waals surface area contributed by atoms with Crippen molar-refractivity contribution in [2.75, 3.05) is 13.6 Å². The molecule has 3 nitrogen and oxygen atoms in total. The van der Waals surface area contributed by atoms with E-state index >= 15 is 0 Å². The quantitative estimate of drug-likeness (QED) is 0.549. The van der Waals surface area contributed by atoms with Crippen molar-refractivity contribution in [3.63, 3.8) is 0 Å². The van der Waals surface area contributed by atoms with Gasteiger partial charge in [0, 0.05) is 18.5 Å². The van der Waals surface area contributed by atoms with Crippen LogP contribution in [-0.2, 0) is 4.79 Å². The minimum atomic E-state index is 0.0114. The number of nitrogens with zero attached hydrogens (tertiary/aromatic N) is 2. The van der Waals surface area contributed by atoms with E-state index in [0.29, 0.717) is 15.8 Å². The van der Waals surface area contributed by atoms with E-state index in [1.807, 2.05) is 26.0 Å². The Morgan fingerprint density at radius 2 is 1.95 bits per heavy atom. The zero-order valence-electron chi connectivity index (χ0n) is 13.3. The summed E-state index contributed by atoms with van der Waals surface area (Å²) in [5.74, 6) is 0.0114. The summed E-state index contributed by atoms with van der Waals surface area (Å²) in [7, 11) is 2.06. The SMILES string of the molecule is CC=CC1=C(CC)SC(=CC=C2SC(=S)N(CC)C2=O)N1C. The van der Waals surface area contributed by atoms with Gasteiger partial charge in [0.15, 0.2) is 0 Å². The number of hydrogen-bond donors (Lipinski definition) is 0. The summed E-state index contributed by atoms with van der Waals surface area (Å²) in [4.78, 5) is 18.1. The van der Waals surface area contributed by atoms with Crippen LogP contribution < -0.4 is 0 Å². The number of hydrogen-bond acceptors (Lipinski definition) is 5. The fourth-order valence-electron chi connectivity index (χ4n) is 2.25. The number of amides is 1. The molecule has 0 aromatic rings. The molecule has 6 heteroatoms. The van der Waals surface area contributed by atoms with Crippen molar-refractivity contribution in [3.8, 4) is 0 Å². The standard InChI is InChI=1S/C16H20N2OS3/c1-5-8-11-12(6-2)21-14(17(11)4)10-9-13-15(19)18(7-3)16(20)22-13/h5,8-10H,6-7H2,1-4H3. The van der Waals surface area contributed by atoms with Gasteiger partial charge in [0.2, 0.25) is 0 Å². The van der Waals surface area contributed by atoms with Crippen molar-refractivity contribution in [2.45, 2.75) is 27.2 Å². The first-order chi connectivity index (χ1) is 10.5. The zero-order chi connectivity index (χ0) is 16.3. The van der Waals surface area contributed by atoms with Crippen LogP contribution in [-0.4, -0.2) is 33.6 Å². The first-order valence-electron chi connectivity index (χ1n) is 7.26. The molecule has 1 fully saturated rings. The monoisotopic (exact) mass is 352 g/mol. The molecule has 0 spiro atoms. The highest BCUT2D eigenvalue weighted by atomic mass is 32.2. The Morgan fingerprint density at radius 1 is 1.23 bits per heavy atom. The molecule has 0 atom stereocenters. The molecular formula is C16H20N2OS3. The van der Waals surface area contributed by atoms with Crippen molar-refractivity contribution in [1.29, 1.82) is 0 Å². The fraction of sp³-hybridized carbons (Fsp3) is 0.375. The molecule has 2 aliphatic rings. The lowest BCUT2D eigenvalue weighted by Gasteiger charge is -2.14. The van der Waals surface area contributed by atoms with Gasteiger partial charge in [-0.05, 0) is 38.5 Å². The highest BCUT2D eigenvalue weighted by molar-refractivity contribution is 8.26. The zero-order valence-corrected chi connectivity index (χ0v) is 15.7. The lowest BCUT2D eigenvalue weighted by atomic mass is 10.3. The molecule has 0 aromatic heterocycles. The Bertz CT molecular complexity index is 617. The molecular weight excluding hydrogens is 332 g/mol. The van der Waals surface area contributed by atoms with E-state index < -0.39 is 0 Å². The molecule has 0 aromatic carbocycles. The van der Waals surface area contributed by atoms with E-state index in [-0.39, 0.29) is 5.91 Å². The third-order valence-corrected chi connectivity index (χ3v) is 6.18. The summed E-state index contributed by atoms with van der Waals surface area (Å²) in [6.07, 6.45) is 9.09. The summed E-state index contributed by atoms with van der Waals surface area (Å²) in [6, 6.07) is 0. The van der Waals surface area contributed by atoms with Crippen molar-refractivity contribution >= 4 is 46.0 Å². The van der Waals surface area contributed by atoms with E-state index in [9.17, 15) is 4.79 Å². The van der Waals surface area contributed by atoms with Gasteiger partial charge in [-0.15, -0.1) is 0 Å². The van der Waals surface area contributed by atoms with Crippen molar-refractivity contribution in [3.05, 3.63) is 44.8 Å². The summed E-state index contributed by atoms with van der Waals surface area (Å²) >= 11 is 8.37. The maximum Gasteiger partial charge on any atom is 0.266 e. The van der Waals surface area contributed by atoms with Gasteiger partial charge in [-0.3, -0.25) is 9.69 Å². The van der Waals surface area contributed by atoms with Crippen molar-refractivity contribution in [1.82, 2.24) is 9.80 Å². The van der Waals surface area contributed by atoms with Crippen LogP contribution in [0.3, 0.4) is 0 Å². The van der Waals surface area contributed by atoms with Crippen molar-refractivity contribution in [2.24, 2.45) is 0 Å². The smallest absolute Gasteiger partial charge is 0.266 e. The first kappa shape index (κ1) is 17.4. The Morgan fingerprint density at radius 3 is 2.50 bits per heavy atom. The van der Waals surface area contributed by atoms with Gasteiger partial charge in [0.05, 0.1) is 15.6 Å². The molecule has 1 amide bonds. The predicted molar refractivity (Wildman–Crippen MR) is 101 cm³/mol. The molecule has 1 saturated heterocycles. The van der Waals surface area contributed by atoms with Gasteiger partial charge in [0.25, 0.3) is 5.91 Å². The third-order valence-electron chi connectivity index (χ3n) is 3.42. The van der Waals surface area contributed by atoms with Crippen LogP contribution in [0.4, 0.5) is 0 Å². The molecule has 0 unspecified atom stereocenters. The molecule has 0 bridgehead atoms. The fourth-order valence-corrected chi connectivity index (χ4v) is 4.65. The van der Waals surface area contributed by atoms with Crippen LogP contribution in [0.1, 0.15) is 27.2 Å². The number of allylic oxidation sites excluding steroid dienone is 5. The average Bonchev–Trinajstić information content (AvgIpc) is 2.95. The van der Waals surface area contributed by atoms with E-state index in [0.717, 1.165) is 11.4 Å². The molecule has 2 aliphatic heterocycles. The maximum atomic E-state index is 12.2. The topological polar surface area (TPSA) is 23.6 Å². The summed E-state index contributed by atoms with van der Waals surface area (Å²) in [5.41, 5.74) is 1.23. The van der Waals surface area contributed by atoms with Crippen molar-refractivity contribution < 1.29 is 4.79 Å². The third kappa shape index (κ3) is 3.34. The Hall–Kier alpha value is -0.980. The molecule has 0 aliphatic carbocycles. The largest absolute Gasteiger partial charge is 0.338 e. The highest BCUT2D eigenvalue weighted by Gasteiger charge is 2.30. The number of thioether (sulfide) groups is 2. The minimum Gasteiger partial charge on any atom is -0.338 e. The second kappa shape index (κ2) is 7.53. The molecule has 0 saturated carbocycles. The molecule has 2 rings (SSSR count). The number of likely N-dealkylation sites (N-methyl/N-ethyl adjacent to an activating group) is 2. The van der Waals surface area contributed by atoms with Crippen LogP contribution >= 0.6 is 35.7 Å². The van der Waals surface area contributed by atoms with Crippen LogP contribution in [0.25, 0.3) is 0 Å². The van der Waals surface area contributed by atoms with Crippen LogP contribution in [0.2, 0.25) is 0 Å². The van der Waals surface area contributed by atoms with Crippen LogP contribution in [0.5, 0.6) is 0 Å². The lowest BCUT2D eigenvalue weighted by molar-refractivity contribution is -0.122. The average molecular weight is 353 g/mol. The second-order valence-electron chi connectivity index (χ2n) is 4.78. The number of carbonyl (C=O) groups is 1. The van der Waals surface area contributed by atoms with Gasteiger partial charge >= 0.3 is 0 Å². The summed E-state index contributed by atoms with van der Waals surface area (Å²) < 4.78 is 0.645. The second-order valence-corrected chi connectivity index (χ2v) is 7.57. The summed E-state index contributed by atoms with van der Waals surface area (Å²) in [5, 5.41) is 1.13. The highest BCUT2D eigenvalue weighted by Crippen LogP contribution is 2.42. The van der Waals surface area contributed by atoms with Gasteiger partial charge in [-0.2, -0.15) is 0 Å². The molecule has 0 radical (unpaired) electrons. The first-order valence-corrected chi connectivity index (χ1v) is 9.30. The van der Waals surface area contributed by atoms with Gasteiger partial charge in [-0.1, -0.05) is 48.7 Å². The van der Waals surface area contributed by atoms with E-state index in [1.54, 1.807) is 16.7 Å². The van der Waals surface area contributed by atoms with Gasteiger partial charge in [0.1, 0.15) is 4.32 Å². The predicted octanol–water partition coefficient (Wildman–Crippen LogP) is 4.47. The Labute approximate surface area is 146 Å². The lowest BCUT2D eigenvalue weighted by Crippen LogP contribution is -2.27. The van der Waals surface area contributed by atoms with Crippen LogP contribution in [0, 0.1) is 0 Å². The number of rotatable bonds is 4. The molecule has 2 heterocycles. The minimum absolute atomic E-state index is 0.0114. The van der Waals surface area contributed by atoms with E-state index in [4.69, 9.17) is 12.2 Å². The Kier molecular flexibility index (Phi) is 5.94. The van der Waals surface area contributed by atoms with Gasteiger partial charge in [-0.25, -0.2) is 0 Å².